The van der Waals surface area contributed by atoms with Crippen molar-refractivity contribution in [2.45, 2.75) is 13.3 Å². The molecule has 144 valence electrons. The fraction of sp³-hybridized carbons (Fsp3) is 0.150. The molecule has 3 aromatic rings. The second-order valence-corrected chi connectivity index (χ2v) is 6.65. The molecule has 0 radical (unpaired) electrons. The smallest absolute Gasteiger partial charge is 0.338 e. The van der Waals surface area contributed by atoms with Gasteiger partial charge < -0.3 is 14.5 Å². The van der Waals surface area contributed by atoms with Gasteiger partial charge in [0, 0.05) is 11.3 Å². The van der Waals surface area contributed by atoms with Gasteiger partial charge in [0.25, 0.3) is 5.91 Å². The number of carbonyl (C=O) groups is 2. The Morgan fingerprint density at radius 3 is 2.71 bits per heavy atom. The first-order valence-corrected chi connectivity index (χ1v) is 9.23. The number of anilines is 1. The zero-order chi connectivity index (χ0) is 20.1. The highest BCUT2D eigenvalue weighted by molar-refractivity contribution is 6.42. The summed E-state index contributed by atoms with van der Waals surface area (Å²) in [6.45, 7) is 2.25. The van der Waals surface area contributed by atoms with Gasteiger partial charge in [0.05, 0.1) is 22.2 Å². The summed E-state index contributed by atoms with van der Waals surface area (Å²) in [5, 5.41) is 3.44. The van der Waals surface area contributed by atoms with E-state index in [0.717, 1.165) is 6.42 Å². The fourth-order valence-electron chi connectivity index (χ4n) is 2.34. The molecule has 0 bridgehead atoms. The lowest BCUT2D eigenvalue weighted by Crippen LogP contribution is -2.13. The van der Waals surface area contributed by atoms with E-state index in [-0.39, 0.29) is 11.6 Å². The summed E-state index contributed by atoms with van der Waals surface area (Å²) in [4.78, 5) is 28.6. The van der Waals surface area contributed by atoms with Crippen molar-refractivity contribution in [2.24, 2.45) is 0 Å². The molecule has 2 aromatic carbocycles. The normalized spacial score (nSPS) is 10.5. The van der Waals surface area contributed by atoms with Crippen LogP contribution in [0.2, 0.25) is 10.0 Å². The summed E-state index contributed by atoms with van der Waals surface area (Å²) in [5.74, 6) is -0.684. The van der Waals surface area contributed by atoms with Crippen LogP contribution >= 0.6 is 23.2 Å². The minimum absolute atomic E-state index is 0.0834. The van der Waals surface area contributed by atoms with E-state index in [1.807, 2.05) is 6.92 Å². The van der Waals surface area contributed by atoms with E-state index < -0.39 is 11.9 Å². The number of oxazole rings is 1. The standard InChI is InChI=1S/C20H16Cl2N2O4/c1-2-8-27-20(26)13-4-3-5-14(9-13)23-18(25)17-11-28-19(24-17)12-6-7-15(21)16(22)10-12/h3-7,9-11H,2,8H2,1H3,(H,23,25). The minimum Gasteiger partial charge on any atom is -0.462 e. The van der Waals surface area contributed by atoms with Gasteiger partial charge in [-0.2, -0.15) is 0 Å². The zero-order valence-corrected chi connectivity index (χ0v) is 16.4. The number of ether oxygens (including phenoxy) is 1. The Kier molecular flexibility index (Phi) is 6.34. The Labute approximate surface area is 171 Å². The number of aromatic nitrogens is 1. The lowest BCUT2D eigenvalue weighted by atomic mass is 10.2. The maximum Gasteiger partial charge on any atom is 0.338 e. The Morgan fingerprint density at radius 1 is 1.14 bits per heavy atom. The molecule has 0 fully saturated rings. The molecule has 0 aliphatic carbocycles. The molecule has 0 saturated carbocycles. The van der Waals surface area contributed by atoms with Crippen LogP contribution in [-0.4, -0.2) is 23.5 Å². The van der Waals surface area contributed by atoms with Crippen LogP contribution in [0.5, 0.6) is 0 Å². The Bertz CT molecular complexity index is 1020. The molecule has 1 N–H and O–H groups in total. The number of hydrogen-bond acceptors (Lipinski definition) is 5. The number of hydrogen-bond donors (Lipinski definition) is 1. The highest BCUT2D eigenvalue weighted by Gasteiger charge is 2.15. The largest absolute Gasteiger partial charge is 0.462 e. The van der Waals surface area contributed by atoms with Crippen LogP contribution < -0.4 is 5.32 Å². The first-order chi connectivity index (χ1) is 13.5. The van der Waals surface area contributed by atoms with Crippen molar-refractivity contribution in [2.75, 3.05) is 11.9 Å². The van der Waals surface area contributed by atoms with Crippen LogP contribution in [0.3, 0.4) is 0 Å². The van der Waals surface area contributed by atoms with Gasteiger partial charge in [-0.3, -0.25) is 4.79 Å². The van der Waals surface area contributed by atoms with Crippen molar-refractivity contribution in [3.8, 4) is 11.5 Å². The maximum absolute atomic E-state index is 12.4. The third-order valence-corrected chi connectivity index (χ3v) is 4.44. The molecule has 0 unspecified atom stereocenters. The van der Waals surface area contributed by atoms with Gasteiger partial charge in [0.1, 0.15) is 6.26 Å². The summed E-state index contributed by atoms with van der Waals surface area (Å²) in [6.07, 6.45) is 1.97. The van der Waals surface area contributed by atoms with Gasteiger partial charge >= 0.3 is 5.97 Å². The maximum atomic E-state index is 12.4. The molecule has 0 saturated heterocycles. The highest BCUT2D eigenvalue weighted by atomic mass is 35.5. The van der Waals surface area contributed by atoms with Crippen molar-refractivity contribution < 1.29 is 18.7 Å². The number of nitrogens with zero attached hydrogens (tertiary/aromatic N) is 1. The van der Waals surface area contributed by atoms with Crippen molar-refractivity contribution in [1.29, 1.82) is 0 Å². The number of benzene rings is 2. The molecular weight excluding hydrogens is 403 g/mol. The summed E-state index contributed by atoms with van der Waals surface area (Å²) in [5.41, 5.74) is 1.46. The number of amides is 1. The predicted molar refractivity (Wildman–Crippen MR) is 107 cm³/mol. The second kappa shape index (κ2) is 8.91. The van der Waals surface area contributed by atoms with E-state index in [1.54, 1.807) is 36.4 Å². The van der Waals surface area contributed by atoms with Gasteiger partial charge in [-0.05, 0) is 42.8 Å². The summed E-state index contributed by atoms with van der Waals surface area (Å²) < 4.78 is 10.5. The van der Waals surface area contributed by atoms with Crippen molar-refractivity contribution in [3.63, 3.8) is 0 Å². The van der Waals surface area contributed by atoms with Crippen LogP contribution in [0.4, 0.5) is 5.69 Å². The Hall–Kier alpha value is -2.83. The molecule has 0 atom stereocenters. The topological polar surface area (TPSA) is 81.4 Å². The number of nitrogens with one attached hydrogen (secondary N) is 1. The first-order valence-electron chi connectivity index (χ1n) is 8.47. The lowest BCUT2D eigenvalue weighted by molar-refractivity contribution is 0.0505. The molecular formula is C20H16Cl2N2O4. The molecule has 0 spiro atoms. The van der Waals surface area contributed by atoms with E-state index >= 15 is 0 Å². The van der Waals surface area contributed by atoms with Crippen LogP contribution in [0, 0.1) is 0 Å². The van der Waals surface area contributed by atoms with Crippen LogP contribution in [0.25, 0.3) is 11.5 Å². The van der Waals surface area contributed by atoms with E-state index in [0.29, 0.717) is 33.5 Å². The minimum atomic E-state index is -0.478. The third kappa shape index (κ3) is 4.71. The average Bonchev–Trinajstić information content (AvgIpc) is 3.19. The molecule has 28 heavy (non-hydrogen) atoms. The van der Waals surface area contributed by atoms with E-state index in [9.17, 15) is 9.59 Å². The van der Waals surface area contributed by atoms with E-state index in [2.05, 4.69) is 10.3 Å². The third-order valence-electron chi connectivity index (χ3n) is 3.70. The summed E-state index contributed by atoms with van der Waals surface area (Å²) in [6, 6.07) is 11.4. The number of rotatable bonds is 6. The monoisotopic (exact) mass is 418 g/mol. The summed E-state index contributed by atoms with van der Waals surface area (Å²) in [7, 11) is 0. The average molecular weight is 419 g/mol. The van der Waals surface area contributed by atoms with Crippen molar-refractivity contribution in [1.82, 2.24) is 4.98 Å². The Balaban J connectivity index is 1.73. The zero-order valence-electron chi connectivity index (χ0n) is 14.9. The number of carbonyl (C=O) groups excluding carboxylic acids is 2. The number of esters is 1. The van der Waals surface area contributed by atoms with E-state index in [1.165, 1.54) is 12.3 Å². The molecule has 1 heterocycles. The van der Waals surface area contributed by atoms with Crippen molar-refractivity contribution in [3.05, 3.63) is 70.0 Å². The van der Waals surface area contributed by atoms with Crippen LogP contribution in [0.15, 0.2) is 53.1 Å². The van der Waals surface area contributed by atoms with Gasteiger partial charge in [-0.25, -0.2) is 9.78 Å². The Morgan fingerprint density at radius 2 is 1.96 bits per heavy atom. The van der Waals surface area contributed by atoms with Gasteiger partial charge in [0.15, 0.2) is 5.69 Å². The van der Waals surface area contributed by atoms with Gasteiger partial charge in [0.2, 0.25) is 5.89 Å². The van der Waals surface area contributed by atoms with Gasteiger partial charge in [-0.15, -0.1) is 0 Å². The molecule has 0 aliphatic heterocycles. The lowest BCUT2D eigenvalue weighted by Gasteiger charge is -2.06. The number of halogens is 2. The SMILES string of the molecule is CCCOC(=O)c1cccc(NC(=O)c2coc(-c3ccc(Cl)c(Cl)c3)n2)c1. The van der Waals surface area contributed by atoms with Crippen molar-refractivity contribution >= 4 is 40.8 Å². The molecule has 1 aromatic heterocycles. The quantitative estimate of drug-likeness (QED) is 0.536. The first kappa shape index (κ1) is 19.9. The van der Waals surface area contributed by atoms with Crippen LogP contribution in [0.1, 0.15) is 34.2 Å². The summed E-state index contributed by atoms with van der Waals surface area (Å²) >= 11 is 11.9. The van der Waals surface area contributed by atoms with Gasteiger partial charge in [-0.1, -0.05) is 36.2 Å². The second-order valence-electron chi connectivity index (χ2n) is 5.84. The molecule has 8 heteroatoms. The fourth-order valence-corrected chi connectivity index (χ4v) is 2.64. The predicted octanol–water partition coefficient (Wildman–Crippen LogP) is 5.47. The molecule has 3 rings (SSSR count). The molecule has 6 nitrogen and oxygen atoms in total. The van der Waals surface area contributed by atoms with Crippen LogP contribution in [-0.2, 0) is 4.74 Å². The molecule has 0 aliphatic rings. The molecule has 1 amide bonds. The van der Waals surface area contributed by atoms with E-state index in [4.69, 9.17) is 32.4 Å². The highest BCUT2D eigenvalue weighted by Crippen LogP contribution is 2.28.